The number of aromatic nitrogens is 6. The van der Waals surface area contributed by atoms with Crippen LogP contribution in [0, 0.1) is 13.8 Å². The largest absolute Gasteiger partial charge is 0.339 e. The summed E-state index contributed by atoms with van der Waals surface area (Å²) in [7, 11) is -3.77. The lowest BCUT2D eigenvalue weighted by atomic mass is 9.92. The summed E-state index contributed by atoms with van der Waals surface area (Å²) in [4.78, 5) is 39.9. The molecular weight excluding hydrogens is 1160 g/mol. The summed E-state index contributed by atoms with van der Waals surface area (Å²) in [5.74, 6) is 2.20. The van der Waals surface area contributed by atoms with E-state index in [9.17, 15) is 21.6 Å². The summed E-state index contributed by atoms with van der Waals surface area (Å²) in [5, 5.41) is 9.47. The third kappa shape index (κ3) is 16.4. The fourth-order valence-electron chi connectivity index (χ4n) is 8.45. The molecule has 0 unspecified atom stereocenters. The molecule has 0 N–H and O–H groups in total. The highest BCUT2D eigenvalue weighted by atomic mass is 32.2. The van der Waals surface area contributed by atoms with E-state index in [2.05, 4.69) is 40.0 Å². The number of hydrogen-bond donors (Lipinski definition) is 0. The van der Waals surface area contributed by atoms with Crippen LogP contribution in [0.15, 0.2) is 177 Å². The van der Waals surface area contributed by atoms with Crippen molar-refractivity contribution in [2.75, 3.05) is 26.7 Å². The minimum absolute atomic E-state index is 0. The predicted octanol–water partition coefficient (Wildman–Crippen LogP) is 14.9. The molecule has 0 amide bonds. The average Bonchev–Trinajstić information content (AvgIpc) is 3.30. The Balaban J connectivity index is 0.000000223. The zero-order valence-electron chi connectivity index (χ0n) is 47.2. The van der Waals surface area contributed by atoms with Gasteiger partial charge >= 0.3 is 0 Å². The molecule has 10 aromatic rings. The average molecular weight is 1230 g/mol. The van der Waals surface area contributed by atoms with Gasteiger partial charge in [-0.25, -0.2) is 26.6 Å². The number of hydrogen-bond acceptors (Lipinski definition) is 19. The number of nitrogens with zero attached hydrogens (tertiary/aromatic N) is 6. The lowest BCUT2D eigenvalue weighted by Crippen LogP contribution is -2.28. The first kappa shape index (κ1) is 66.4. The second-order valence-corrected chi connectivity index (χ2v) is 26.7. The van der Waals surface area contributed by atoms with Crippen molar-refractivity contribution in [1.29, 1.82) is 0 Å². The van der Waals surface area contributed by atoms with E-state index in [1.165, 1.54) is 38.8 Å². The molecule has 6 aromatic carbocycles. The Morgan fingerprint density at radius 1 is 0.576 bits per heavy atom. The summed E-state index contributed by atoms with van der Waals surface area (Å²) >= 11 is 2.28. The normalized spacial score (nSPS) is 11.9. The number of aldehydes is 1. The van der Waals surface area contributed by atoms with E-state index in [0.717, 1.165) is 94.4 Å². The highest BCUT2D eigenvalue weighted by Gasteiger charge is 2.34. The first-order valence-corrected chi connectivity index (χ1v) is 30.9. The van der Waals surface area contributed by atoms with Crippen LogP contribution in [-0.2, 0) is 54.0 Å². The second-order valence-electron chi connectivity index (χ2n) is 20.1. The number of aryl methyl sites for hydroxylation is 2. The maximum Gasteiger partial charge on any atom is 0.258 e. The van der Waals surface area contributed by atoms with Crippen LogP contribution in [-0.4, -0.2) is 80.1 Å². The van der Waals surface area contributed by atoms with Crippen molar-refractivity contribution in [1.82, 2.24) is 30.2 Å². The zero-order valence-corrected chi connectivity index (χ0v) is 50.4. The Labute approximate surface area is 505 Å². The molecule has 0 spiro atoms. The standard InChI is InChI=1S/C31H29N3O5S2.C20H19NO3S.C11H12N2O3S.2CH4/c1-20-33-30(38-34-20)28(22-11-13-26(14-12-22)40-39-37-4)17-21-8-6-9-23(16-21)27-19-25(31(2,3)41(5,35)36)18-24-10-7-15-32-29(24)27;1-20(2,25(3,23)24)17-11-16-8-5-9-21-19(16)18(12-17)15-7-4-6-14(10-15)13-22;1-8-12-11(15-13-8)7-9-3-5-10(6-4-9)17-16-14-2;;/h6-19H,1-5H3;4-13H,1-3H3;3-6H,7H2,1-2H3;2*1H4/b28-17+;;;;. The molecule has 0 radical (unpaired) electrons. The molecule has 0 aliphatic carbocycles. The van der Waals surface area contributed by atoms with Crippen molar-refractivity contribution in [2.45, 2.75) is 82.1 Å². The van der Waals surface area contributed by atoms with E-state index in [1.807, 2.05) is 140 Å². The maximum absolute atomic E-state index is 12.7. The van der Waals surface area contributed by atoms with Crippen LogP contribution in [0.1, 0.15) is 104 Å². The van der Waals surface area contributed by atoms with Crippen molar-refractivity contribution in [3.8, 4) is 22.3 Å². The molecule has 0 aliphatic rings. The number of pyridine rings is 2. The summed E-state index contributed by atoms with van der Waals surface area (Å²) < 4.78 is 68.2. The Bertz CT molecular complexity index is 4170. The highest BCUT2D eigenvalue weighted by molar-refractivity contribution is 7.94. The third-order valence-corrected chi connectivity index (χ3v) is 19.2. The van der Waals surface area contributed by atoms with Gasteiger partial charge in [-0.05, 0) is 159 Å². The fraction of sp³-hybridized carbons (Fsp3) is 0.234. The van der Waals surface area contributed by atoms with Gasteiger partial charge in [0, 0.05) is 67.7 Å². The van der Waals surface area contributed by atoms with E-state index in [-0.39, 0.29) is 14.9 Å². The first-order chi connectivity index (χ1) is 39.6. The molecule has 0 saturated heterocycles. The molecule has 444 valence electrons. The van der Waals surface area contributed by atoms with Gasteiger partial charge in [-0.3, -0.25) is 14.8 Å². The number of rotatable bonds is 18. The third-order valence-electron chi connectivity index (χ3n) is 13.7. The molecule has 0 saturated carbocycles. The zero-order chi connectivity index (χ0) is 59.5. The summed E-state index contributed by atoms with van der Waals surface area (Å²) in [6, 6.07) is 45.9. The van der Waals surface area contributed by atoms with Crippen LogP contribution in [0.5, 0.6) is 0 Å². The molecular formula is C64H68N6O11S4. The minimum Gasteiger partial charge on any atom is -0.339 e. The molecule has 4 heterocycles. The van der Waals surface area contributed by atoms with Gasteiger partial charge in [0.2, 0.25) is 5.89 Å². The van der Waals surface area contributed by atoms with Crippen molar-refractivity contribution in [3.63, 3.8) is 0 Å². The van der Waals surface area contributed by atoms with E-state index in [4.69, 9.17) is 17.7 Å². The predicted molar refractivity (Wildman–Crippen MR) is 338 cm³/mol. The SMILES string of the molecule is C.C.CC(C)(c1cc(-c2cccc(C=O)c2)c2ncccc2c1)S(C)(=O)=O.COOSc1ccc(/C(=C\c2cccc(-c3cc(C(C)(C)S(C)(=O)=O)cc4cccnc34)c2)c2nc(C)no2)cc1.COOSc1ccc(Cc2nc(C)no2)cc1. The summed E-state index contributed by atoms with van der Waals surface area (Å²) in [6.45, 7) is 10.4. The number of benzene rings is 6. The fourth-order valence-corrected chi connectivity index (χ4v) is 10.3. The monoisotopic (exact) mass is 1220 g/mol. The summed E-state index contributed by atoms with van der Waals surface area (Å²) in [6.07, 6.45) is 9.38. The quantitative estimate of drug-likeness (QED) is 0.0256. The Hall–Kier alpha value is -7.73. The molecule has 0 aliphatic heterocycles. The van der Waals surface area contributed by atoms with E-state index in [0.29, 0.717) is 46.5 Å². The number of carbonyl (C=O) groups is 1. The highest BCUT2D eigenvalue weighted by Crippen LogP contribution is 2.39. The number of fused-ring (bicyclic) bond motifs is 2. The lowest BCUT2D eigenvalue weighted by Gasteiger charge is -2.24. The molecule has 4 aromatic heterocycles. The number of carbonyl (C=O) groups excluding carboxylic acids is 1. The van der Waals surface area contributed by atoms with Crippen molar-refractivity contribution in [2.24, 2.45) is 0 Å². The molecule has 85 heavy (non-hydrogen) atoms. The van der Waals surface area contributed by atoms with Crippen LogP contribution >= 0.6 is 24.1 Å². The van der Waals surface area contributed by atoms with Crippen LogP contribution in [0.3, 0.4) is 0 Å². The van der Waals surface area contributed by atoms with Crippen LogP contribution in [0.2, 0.25) is 0 Å². The van der Waals surface area contributed by atoms with Gasteiger partial charge in [-0.15, -0.1) is 0 Å². The maximum atomic E-state index is 12.7. The van der Waals surface area contributed by atoms with Crippen LogP contribution < -0.4 is 0 Å². The lowest BCUT2D eigenvalue weighted by molar-refractivity contribution is -0.160. The van der Waals surface area contributed by atoms with E-state index >= 15 is 0 Å². The van der Waals surface area contributed by atoms with Gasteiger partial charge in [0.15, 0.2) is 31.3 Å². The van der Waals surface area contributed by atoms with Gasteiger partial charge in [0.05, 0.1) is 65.3 Å². The summed E-state index contributed by atoms with van der Waals surface area (Å²) in [5.41, 5.74) is 10.6. The van der Waals surface area contributed by atoms with Gasteiger partial charge < -0.3 is 9.05 Å². The van der Waals surface area contributed by atoms with Crippen molar-refractivity contribution < 1.29 is 49.1 Å². The van der Waals surface area contributed by atoms with Crippen molar-refractivity contribution in [3.05, 3.63) is 215 Å². The Morgan fingerprint density at radius 2 is 1.05 bits per heavy atom. The van der Waals surface area contributed by atoms with Crippen LogP contribution in [0.4, 0.5) is 0 Å². The molecule has 0 atom stereocenters. The van der Waals surface area contributed by atoms with Crippen molar-refractivity contribution >= 4 is 83.5 Å². The first-order valence-electron chi connectivity index (χ1n) is 25.7. The second kappa shape index (κ2) is 28.9. The minimum atomic E-state index is -3.38. The Kier molecular flexibility index (Phi) is 22.6. The smallest absolute Gasteiger partial charge is 0.258 e. The number of sulfone groups is 2. The van der Waals surface area contributed by atoms with Gasteiger partial charge in [0.25, 0.3) is 5.89 Å². The molecule has 21 heteroatoms. The van der Waals surface area contributed by atoms with Gasteiger partial charge in [-0.2, -0.15) is 18.6 Å². The van der Waals surface area contributed by atoms with Crippen LogP contribution in [0.25, 0.3) is 55.7 Å². The van der Waals surface area contributed by atoms with Gasteiger partial charge in [-0.1, -0.05) is 98.0 Å². The molecule has 0 fully saturated rings. The van der Waals surface area contributed by atoms with E-state index in [1.54, 1.807) is 66.1 Å². The van der Waals surface area contributed by atoms with E-state index < -0.39 is 29.2 Å². The topological polar surface area (TPSA) is 226 Å². The molecule has 10 rings (SSSR count). The molecule has 0 bridgehead atoms. The molecule has 17 nitrogen and oxygen atoms in total. The Morgan fingerprint density at radius 3 is 1.49 bits per heavy atom. The van der Waals surface area contributed by atoms with Gasteiger partial charge in [0.1, 0.15) is 6.29 Å².